The highest BCUT2D eigenvalue weighted by Gasteiger charge is 2.10. The van der Waals surface area contributed by atoms with Gasteiger partial charge in [0.2, 0.25) is 0 Å². The number of nitrogens with two attached hydrogens (primary N) is 1. The molecule has 3 nitrogen and oxygen atoms in total. The van der Waals surface area contributed by atoms with Crippen LogP contribution >= 0.6 is 0 Å². The predicted octanol–water partition coefficient (Wildman–Crippen LogP) is 2.21. The van der Waals surface area contributed by atoms with E-state index in [-0.39, 0.29) is 0 Å². The largest absolute Gasteiger partial charge is 0.272 e. The van der Waals surface area contributed by atoms with E-state index >= 15 is 0 Å². The Morgan fingerprint density at radius 3 is 2.50 bits per heavy atom. The first-order valence-corrected chi connectivity index (χ1v) is 5.41. The van der Waals surface area contributed by atoms with Gasteiger partial charge in [0, 0.05) is 0 Å². The number of carbonyl (C=O) groups is 1. The molecule has 0 aliphatic heterocycles. The highest BCUT2D eigenvalue weighted by atomic mass is 19.1. The van der Waals surface area contributed by atoms with E-state index in [9.17, 15) is 9.18 Å². The molecular weight excluding hydrogens is 207 g/mol. The van der Waals surface area contributed by atoms with E-state index in [0.717, 1.165) is 24.3 Å². The summed E-state index contributed by atoms with van der Waals surface area (Å²) in [5.41, 5.74) is 1.72. The topological polar surface area (TPSA) is 46.3 Å². The molecule has 0 unspecified atom stereocenters. The fourth-order valence-corrected chi connectivity index (χ4v) is 1.41. The van der Waals surface area contributed by atoms with E-state index < -0.39 is 12.6 Å². The number of alkyl halides is 1. The second kappa shape index (κ2) is 6.23. The number of unbranched alkanes of at least 4 members (excludes halogenated alkanes) is 1. The summed E-state index contributed by atoms with van der Waals surface area (Å²) in [6.45, 7) is 1.06. The summed E-state index contributed by atoms with van der Waals surface area (Å²) in [7, 11) is 0. The first kappa shape index (κ1) is 12.6. The molecule has 0 atom stereocenters. The zero-order chi connectivity index (χ0) is 12.0. The summed E-state index contributed by atoms with van der Waals surface area (Å²) in [5.74, 6) is 4.71. The van der Waals surface area contributed by atoms with Crippen molar-refractivity contribution in [2.45, 2.75) is 26.2 Å². The van der Waals surface area contributed by atoms with Crippen LogP contribution in [0.15, 0.2) is 24.3 Å². The van der Waals surface area contributed by atoms with E-state index in [1.54, 1.807) is 12.1 Å². The van der Waals surface area contributed by atoms with Crippen LogP contribution < -0.4 is 10.9 Å². The third kappa shape index (κ3) is 3.31. The van der Waals surface area contributed by atoms with Crippen molar-refractivity contribution >= 4 is 11.6 Å². The van der Waals surface area contributed by atoms with Gasteiger partial charge in [-0.2, -0.15) is 0 Å². The number of hydrazine groups is 1. The summed E-state index contributed by atoms with van der Waals surface area (Å²) in [4.78, 5) is 11.0. The van der Waals surface area contributed by atoms with Crippen LogP contribution in [0, 0.1) is 0 Å². The van der Waals surface area contributed by atoms with E-state index in [4.69, 9.17) is 5.84 Å². The minimum absolute atomic E-state index is 0.517. The van der Waals surface area contributed by atoms with Crippen molar-refractivity contribution in [3.8, 4) is 0 Å². The molecule has 0 saturated carbocycles. The highest BCUT2D eigenvalue weighted by molar-refractivity contribution is 5.92. The van der Waals surface area contributed by atoms with Crippen molar-refractivity contribution in [1.29, 1.82) is 0 Å². The molecule has 16 heavy (non-hydrogen) atoms. The number of anilines is 1. The number of hydrogen-bond donors (Lipinski definition) is 1. The summed E-state index contributed by atoms with van der Waals surface area (Å²) in [6.07, 6.45) is 3.29. The average Bonchev–Trinajstić information content (AvgIpc) is 2.35. The number of carbonyl (C=O) groups excluding carboxylic acids is 1. The Bertz CT molecular complexity index is 337. The molecule has 0 fully saturated rings. The van der Waals surface area contributed by atoms with Crippen LogP contribution in [-0.4, -0.2) is 12.6 Å². The van der Waals surface area contributed by atoms with Crippen LogP contribution in [0.1, 0.15) is 25.3 Å². The standard InChI is InChI=1S/C12H17FN2O/c1-2-3-4-10-5-7-11(8-6-10)15(14)12(16)9-13/h5-8H,2-4,9,14H2,1H3. The SMILES string of the molecule is CCCCc1ccc(N(N)C(=O)CF)cc1. The number of benzene rings is 1. The molecule has 0 aliphatic carbocycles. The Balaban J connectivity index is 2.67. The smallest absolute Gasteiger partial charge is 0.270 e. The second-order valence-corrected chi connectivity index (χ2v) is 3.67. The Labute approximate surface area is 95.0 Å². The monoisotopic (exact) mass is 224 g/mol. The zero-order valence-electron chi connectivity index (χ0n) is 9.45. The summed E-state index contributed by atoms with van der Waals surface area (Å²) < 4.78 is 12.1. The Kier molecular flexibility index (Phi) is 4.92. The minimum atomic E-state index is -1.08. The number of halogens is 1. The van der Waals surface area contributed by atoms with E-state index in [1.807, 2.05) is 12.1 Å². The van der Waals surface area contributed by atoms with Gasteiger partial charge in [-0.15, -0.1) is 0 Å². The maximum absolute atomic E-state index is 12.1. The van der Waals surface area contributed by atoms with Crippen LogP contribution in [0.4, 0.5) is 10.1 Å². The van der Waals surface area contributed by atoms with Gasteiger partial charge in [0.05, 0.1) is 5.69 Å². The maximum Gasteiger partial charge on any atom is 0.272 e. The molecule has 0 heterocycles. The molecule has 88 valence electrons. The molecule has 0 radical (unpaired) electrons. The molecule has 1 rings (SSSR count). The molecule has 0 bridgehead atoms. The van der Waals surface area contributed by atoms with Gasteiger partial charge in [0.25, 0.3) is 5.91 Å². The molecule has 1 amide bonds. The van der Waals surface area contributed by atoms with Crippen LogP contribution in [-0.2, 0) is 11.2 Å². The van der Waals surface area contributed by atoms with Gasteiger partial charge in [0.15, 0.2) is 6.67 Å². The van der Waals surface area contributed by atoms with Gasteiger partial charge in [-0.3, -0.25) is 4.79 Å². The summed E-state index contributed by atoms with van der Waals surface area (Å²) in [5, 5.41) is 0.837. The lowest BCUT2D eigenvalue weighted by Crippen LogP contribution is -2.38. The predicted molar refractivity (Wildman–Crippen MR) is 62.7 cm³/mol. The van der Waals surface area contributed by atoms with Crippen molar-refractivity contribution < 1.29 is 9.18 Å². The van der Waals surface area contributed by atoms with Gasteiger partial charge in [0.1, 0.15) is 0 Å². The third-order valence-electron chi connectivity index (χ3n) is 2.42. The van der Waals surface area contributed by atoms with Crippen molar-refractivity contribution in [3.05, 3.63) is 29.8 Å². The number of aryl methyl sites for hydroxylation is 1. The van der Waals surface area contributed by atoms with Crippen molar-refractivity contribution in [2.75, 3.05) is 11.7 Å². The average molecular weight is 224 g/mol. The van der Waals surface area contributed by atoms with Crippen LogP contribution in [0.25, 0.3) is 0 Å². The molecule has 0 spiro atoms. The molecule has 2 N–H and O–H groups in total. The number of rotatable bonds is 5. The third-order valence-corrected chi connectivity index (χ3v) is 2.42. The maximum atomic E-state index is 12.1. The summed E-state index contributed by atoms with van der Waals surface area (Å²) in [6, 6.07) is 7.30. The van der Waals surface area contributed by atoms with Gasteiger partial charge in [-0.1, -0.05) is 25.5 Å². The van der Waals surface area contributed by atoms with E-state index in [2.05, 4.69) is 6.92 Å². The molecular formula is C12H17FN2O. The van der Waals surface area contributed by atoms with E-state index in [1.165, 1.54) is 5.56 Å². The Hall–Kier alpha value is -1.42. The van der Waals surface area contributed by atoms with Crippen LogP contribution in [0.3, 0.4) is 0 Å². The Morgan fingerprint density at radius 1 is 1.38 bits per heavy atom. The highest BCUT2D eigenvalue weighted by Crippen LogP contribution is 2.14. The molecule has 1 aromatic carbocycles. The first-order valence-electron chi connectivity index (χ1n) is 5.41. The lowest BCUT2D eigenvalue weighted by atomic mass is 10.1. The van der Waals surface area contributed by atoms with Gasteiger partial charge >= 0.3 is 0 Å². The number of hydrogen-bond acceptors (Lipinski definition) is 2. The number of nitrogens with zero attached hydrogens (tertiary/aromatic N) is 1. The van der Waals surface area contributed by atoms with Crippen molar-refractivity contribution in [1.82, 2.24) is 0 Å². The van der Waals surface area contributed by atoms with Gasteiger partial charge < -0.3 is 0 Å². The lowest BCUT2D eigenvalue weighted by Gasteiger charge is -2.15. The van der Waals surface area contributed by atoms with Gasteiger partial charge in [-0.25, -0.2) is 15.2 Å². The van der Waals surface area contributed by atoms with Crippen molar-refractivity contribution in [2.24, 2.45) is 5.84 Å². The quantitative estimate of drug-likeness (QED) is 0.473. The van der Waals surface area contributed by atoms with Crippen LogP contribution in [0.5, 0.6) is 0 Å². The lowest BCUT2D eigenvalue weighted by molar-refractivity contribution is -0.119. The molecule has 4 heteroatoms. The first-order chi connectivity index (χ1) is 7.69. The minimum Gasteiger partial charge on any atom is -0.270 e. The van der Waals surface area contributed by atoms with Crippen molar-refractivity contribution in [3.63, 3.8) is 0 Å². The van der Waals surface area contributed by atoms with Crippen LogP contribution in [0.2, 0.25) is 0 Å². The molecule has 0 saturated heterocycles. The van der Waals surface area contributed by atoms with E-state index in [0.29, 0.717) is 5.69 Å². The fourth-order valence-electron chi connectivity index (χ4n) is 1.41. The Morgan fingerprint density at radius 2 is 2.00 bits per heavy atom. The zero-order valence-corrected chi connectivity index (χ0v) is 9.45. The summed E-state index contributed by atoms with van der Waals surface area (Å²) >= 11 is 0. The second-order valence-electron chi connectivity index (χ2n) is 3.67. The van der Waals surface area contributed by atoms with Gasteiger partial charge in [-0.05, 0) is 30.5 Å². The molecule has 0 aromatic heterocycles. The fraction of sp³-hybridized carbons (Fsp3) is 0.417. The normalized spacial score (nSPS) is 10.2. The molecule has 1 aromatic rings. The molecule has 0 aliphatic rings. The number of amides is 1.